The number of carboxylic acids is 1. The molecule has 2 N–H and O–H groups in total. The predicted octanol–water partition coefficient (Wildman–Crippen LogP) is 3.91. The highest BCUT2D eigenvalue weighted by Gasteiger charge is 2.24. The molecular formula is C20H24ClFN2O3. The zero-order valence-electron chi connectivity index (χ0n) is 15.5. The van der Waals surface area contributed by atoms with Gasteiger partial charge >= 0.3 is 5.97 Å². The molecule has 27 heavy (non-hydrogen) atoms. The third kappa shape index (κ3) is 4.18. The smallest absolute Gasteiger partial charge is 0.337 e. The fraction of sp³-hybridized carbons (Fsp3) is 0.450. The number of aromatic nitrogens is 1. The van der Waals surface area contributed by atoms with Crippen LogP contribution in [0.1, 0.15) is 45.7 Å². The summed E-state index contributed by atoms with van der Waals surface area (Å²) < 4.78 is 21.6. The number of rotatable bonds is 7. The van der Waals surface area contributed by atoms with Crippen molar-refractivity contribution in [3.05, 3.63) is 57.1 Å². The molecule has 1 aliphatic rings. The molecule has 1 atom stereocenters. The molecule has 2 heterocycles. The van der Waals surface area contributed by atoms with Crippen molar-refractivity contribution in [2.75, 3.05) is 13.2 Å². The summed E-state index contributed by atoms with van der Waals surface area (Å²) >= 11 is 6.15. The highest BCUT2D eigenvalue weighted by atomic mass is 35.5. The fourth-order valence-corrected chi connectivity index (χ4v) is 3.91. The Bertz CT molecular complexity index is 824. The van der Waals surface area contributed by atoms with E-state index in [-0.39, 0.29) is 18.2 Å². The molecule has 1 fully saturated rings. The number of hydrogen-bond acceptors (Lipinski definition) is 3. The van der Waals surface area contributed by atoms with E-state index in [1.807, 2.05) is 11.5 Å². The Labute approximate surface area is 163 Å². The van der Waals surface area contributed by atoms with Crippen molar-refractivity contribution in [1.82, 2.24) is 9.88 Å². The summed E-state index contributed by atoms with van der Waals surface area (Å²) in [4.78, 5) is 11.8. The van der Waals surface area contributed by atoms with Crippen LogP contribution in [-0.4, -0.2) is 34.9 Å². The summed E-state index contributed by atoms with van der Waals surface area (Å²) in [6.07, 6.45) is 2.26. The van der Waals surface area contributed by atoms with Gasteiger partial charge in [-0.3, -0.25) is 0 Å². The van der Waals surface area contributed by atoms with Crippen LogP contribution in [0.15, 0.2) is 18.2 Å². The zero-order chi connectivity index (χ0) is 19.6. The predicted molar refractivity (Wildman–Crippen MR) is 102 cm³/mol. The molecule has 1 aromatic heterocycles. The maximum Gasteiger partial charge on any atom is 0.337 e. The minimum atomic E-state index is -0.983. The number of carboxylic acid groups (broad SMARTS) is 1. The van der Waals surface area contributed by atoms with E-state index < -0.39 is 11.8 Å². The molecular weight excluding hydrogens is 371 g/mol. The molecule has 0 saturated carbocycles. The Hall–Kier alpha value is -1.89. The van der Waals surface area contributed by atoms with Gasteiger partial charge in [-0.15, -0.1) is 0 Å². The Morgan fingerprint density at radius 2 is 2.15 bits per heavy atom. The van der Waals surface area contributed by atoms with Crippen molar-refractivity contribution in [1.29, 1.82) is 0 Å². The van der Waals surface area contributed by atoms with Gasteiger partial charge in [0.25, 0.3) is 0 Å². The molecule has 7 heteroatoms. The van der Waals surface area contributed by atoms with E-state index in [1.165, 1.54) is 6.07 Å². The molecule has 0 radical (unpaired) electrons. The SMILES string of the molecule is Cc1c(CNCC2CCCO2)c(C(=O)O)c(C)n1Cc1c(F)cccc1Cl. The van der Waals surface area contributed by atoms with Crippen molar-refractivity contribution < 1.29 is 19.0 Å². The van der Waals surface area contributed by atoms with Gasteiger partial charge in [0.2, 0.25) is 0 Å². The van der Waals surface area contributed by atoms with Crippen molar-refractivity contribution in [3.63, 3.8) is 0 Å². The molecule has 0 aliphatic carbocycles. The molecule has 1 saturated heterocycles. The molecule has 146 valence electrons. The van der Waals surface area contributed by atoms with Crippen molar-refractivity contribution in [2.24, 2.45) is 0 Å². The highest BCUT2D eigenvalue weighted by Crippen LogP contribution is 2.27. The number of nitrogens with one attached hydrogen (secondary N) is 1. The molecule has 0 amide bonds. The lowest BCUT2D eigenvalue weighted by molar-refractivity contribution is 0.0694. The van der Waals surface area contributed by atoms with Crippen molar-refractivity contribution in [3.8, 4) is 0 Å². The normalized spacial score (nSPS) is 16.8. The largest absolute Gasteiger partial charge is 0.478 e. The van der Waals surface area contributed by atoms with E-state index >= 15 is 0 Å². The maximum absolute atomic E-state index is 14.2. The lowest BCUT2D eigenvalue weighted by Gasteiger charge is -2.13. The average molecular weight is 395 g/mol. The van der Waals surface area contributed by atoms with E-state index in [1.54, 1.807) is 19.1 Å². The van der Waals surface area contributed by atoms with E-state index in [4.69, 9.17) is 16.3 Å². The average Bonchev–Trinajstić information content (AvgIpc) is 3.20. The second-order valence-corrected chi connectivity index (χ2v) is 7.29. The summed E-state index contributed by atoms with van der Waals surface area (Å²) in [6.45, 7) is 5.68. The molecule has 1 aliphatic heterocycles. The Kier molecular flexibility index (Phi) is 6.19. The van der Waals surface area contributed by atoms with Gasteiger partial charge in [-0.1, -0.05) is 17.7 Å². The molecule has 1 unspecified atom stereocenters. The number of benzene rings is 1. The maximum atomic E-state index is 14.2. The fourth-order valence-electron chi connectivity index (χ4n) is 3.69. The lowest BCUT2D eigenvalue weighted by atomic mass is 10.1. The summed E-state index contributed by atoms with van der Waals surface area (Å²) in [5, 5.41) is 13.3. The van der Waals surface area contributed by atoms with Crippen molar-refractivity contribution in [2.45, 2.75) is 45.9 Å². The van der Waals surface area contributed by atoms with Crippen LogP contribution < -0.4 is 5.32 Å². The van der Waals surface area contributed by atoms with Gasteiger partial charge in [-0.2, -0.15) is 0 Å². The molecule has 1 aromatic carbocycles. The van der Waals surface area contributed by atoms with Crippen LogP contribution in [0.3, 0.4) is 0 Å². The minimum Gasteiger partial charge on any atom is -0.478 e. The van der Waals surface area contributed by atoms with E-state index in [0.717, 1.165) is 25.1 Å². The van der Waals surface area contributed by atoms with Crippen LogP contribution in [0.5, 0.6) is 0 Å². The molecule has 0 spiro atoms. The van der Waals surface area contributed by atoms with Gasteiger partial charge in [0.1, 0.15) is 5.82 Å². The molecule has 2 aromatic rings. The number of aromatic carboxylic acids is 1. The number of halogens is 2. The third-order valence-electron chi connectivity index (χ3n) is 5.20. The first-order valence-electron chi connectivity index (χ1n) is 9.07. The van der Waals surface area contributed by atoms with Crippen LogP contribution in [0.25, 0.3) is 0 Å². The number of carbonyl (C=O) groups is 1. The summed E-state index contributed by atoms with van der Waals surface area (Å²) in [5.74, 6) is -1.38. The minimum absolute atomic E-state index is 0.180. The van der Waals surface area contributed by atoms with Crippen LogP contribution >= 0.6 is 11.6 Å². The van der Waals surface area contributed by atoms with E-state index in [2.05, 4.69) is 5.32 Å². The quantitative estimate of drug-likeness (QED) is 0.747. The van der Waals surface area contributed by atoms with E-state index in [9.17, 15) is 14.3 Å². The highest BCUT2D eigenvalue weighted by molar-refractivity contribution is 6.31. The first-order valence-corrected chi connectivity index (χ1v) is 9.45. The second-order valence-electron chi connectivity index (χ2n) is 6.88. The molecule has 3 rings (SSSR count). The third-order valence-corrected chi connectivity index (χ3v) is 5.55. The lowest BCUT2D eigenvalue weighted by Crippen LogP contribution is -2.26. The van der Waals surface area contributed by atoms with Gasteiger partial charge in [0.15, 0.2) is 0 Å². The standard InChI is InChI=1S/C20H24ClFN2O3/c1-12-15(10-23-9-14-5-4-8-27-14)19(20(25)26)13(2)24(12)11-16-17(21)6-3-7-18(16)22/h3,6-7,14,23H,4-5,8-11H2,1-2H3,(H,25,26). The van der Waals surface area contributed by atoms with Gasteiger partial charge in [0, 0.05) is 47.2 Å². The number of nitrogens with zero attached hydrogens (tertiary/aromatic N) is 1. The van der Waals surface area contributed by atoms with Gasteiger partial charge < -0.3 is 19.7 Å². The van der Waals surface area contributed by atoms with Crippen molar-refractivity contribution >= 4 is 17.6 Å². The first kappa shape index (κ1) is 19.9. The van der Waals surface area contributed by atoms with Gasteiger partial charge in [-0.25, -0.2) is 9.18 Å². The zero-order valence-corrected chi connectivity index (χ0v) is 16.3. The molecule has 5 nitrogen and oxygen atoms in total. The summed E-state index contributed by atoms with van der Waals surface area (Å²) in [5.41, 5.74) is 2.72. The van der Waals surface area contributed by atoms with E-state index in [0.29, 0.717) is 34.9 Å². The van der Waals surface area contributed by atoms with Gasteiger partial charge in [0.05, 0.1) is 18.2 Å². The van der Waals surface area contributed by atoms with Crippen LogP contribution in [0.2, 0.25) is 5.02 Å². The van der Waals surface area contributed by atoms with Gasteiger partial charge in [-0.05, 0) is 38.8 Å². The summed E-state index contributed by atoms with van der Waals surface area (Å²) in [7, 11) is 0. The van der Waals surface area contributed by atoms with Crippen LogP contribution in [0, 0.1) is 19.7 Å². The summed E-state index contributed by atoms with van der Waals surface area (Å²) in [6, 6.07) is 4.55. The topological polar surface area (TPSA) is 63.5 Å². The Balaban J connectivity index is 1.87. The Morgan fingerprint density at radius 1 is 1.37 bits per heavy atom. The van der Waals surface area contributed by atoms with Crippen LogP contribution in [-0.2, 0) is 17.8 Å². The van der Waals surface area contributed by atoms with Crippen LogP contribution in [0.4, 0.5) is 4.39 Å². The first-order chi connectivity index (χ1) is 12.9. The number of hydrogen-bond donors (Lipinski definition) is 2. The molecule has 0 bridgehead atoms. The monoisotopic (exact) mass is 394 g/mol. The second kappa shape index (κ2) is 8.42. The Morgan fingerprint density at radius 3 is 2.78 bits per heavy atom. The number of ether oxygens (including phenoxy) is 1.